The predicted octanol–water partition coefficient (Wildman–Crippen LogP) is 2.73. The summed E-state index contributed by atoms with van der Waals surface area (Å²) in [5.74, 6) is 1.10. The van der Waals surface area contributed by atoms with Crippen molar-refractivity contribution in [3.8, 4) is 0 Å². The molecule has 0 aromatic heterocycles. The third-order valence-electron chi connectivity index (χ3n) is 6.22. The summed E-state index contributed by atoms with van der Waals surface area (Å²) in [4.78, 5) is 29.8. The smallest absolute Gasteiger partial charge is 0.250 e. The molecule has 2 heterocycles. The van der Waals surface area contributed by atoms with Crippen LogP contribution in [0.3, 0.4) is 0 Å². The van der Waals surface area contributed by atoms with Gasteiger partial charge in [-0.2, -0.15) is 0 Å². The lowest BCUT2D eigenvalue weighted by atomic mass is 9.98. The summed E-state index contributed by atoms with van der Waals surface area (Å²) in [6.45, 7) is 3.39. The predicted molar refractivity (Wildman–Crippen MR) is 105 cm³/mol. The highest BCUT2D eigenvalue weighted by Gasteiger charge is 2.36. The molecule has 1 saturated carbocycles. The van der Waals surface area contributed by atoms with Crippen molar-refractivity contribution < 1.29 is 9.59 Å². The first kappa shape index (κ1) is 18.5. The van der Waals surface area contributed by atoms with Crippen LogP contribution in [0.4, 0.5) is 0 Å². The summed E-state index contributed by atoms with van der Waals surface area (Å²) in [6, 6.07) is 9.90. The molecule has 2 amide bonds. The number of rotatable bonds is 6. The van der Waals surface area contributed by atoms with Gasteiger partial charge in [0.1, 0.15) is 6.04 Å². The van der Waals surface area contributed by atoms with Gasteiger partial charge in [-0.3, -0.25) is 9.59 Å². The maximum Gasteiger partial charge on any atom is 0.250 e. The van der Waals surface area contributed by atoms with Gasteiger partial charge < -0.3 is 15.1 Å². The summed E-state index contributed by atoms with van der Waals surface area (Å²) in [5.41, 5.74) is 0.937. The van der Waals surface area contributed by atoms with E-state index in [1.807, 2.05) is 40.1 Å². The van der Waals surface area contributed by atoms with E-state index < -0.39 is 6.04 Å². The van der Waals surface area contributed by atoms with Crippen molar-refractivity contribution in [3.63, 3.8) is 0 Å². The maximum atomic E-state index is 13.4. The number of hydrogen-bond donors (Lipinski definition) is 1. The van der Waals surface area contributed by atoms with Crippen LogP contribution >= 0.6 is 0 Å². The van der Waals surface area contributed by atoms with Crippen molar-refractivity contribution in [1.82, 2.24) is 15.1 Å². The molecule has 2 aliphatic heterocycles. The minimum atomic E-state index is -0.463. The molecule has 5 heteroatoms. The number of piperidine rings is 2. The van der Waals surface area contributed by atoms with Crippen LogP contribution in [0.1, 0.15) is 56.6 Å². The normalized spacial score (nSPS) is 22.7. The van der Waals surface area contributed by atoms with Crippen molar-refractivity contribution in [1.29, 1.82) is 0 Å². The fraction of sp³-hybridized carbons (Fsp3) is 0.636. The third kappa shape index (κ3) is 4.52. The molecule has 2 saturated heterocycles. The number of benzene rings is 1. The molecule has 3 aliphatic rings. The molecule has 1 aliphatic carbocycles. The van der Waals surface area contributed by atoms with E-state index in [4.69, 9.17) is 0 Å². The average molecular weight is 370 g/mol. The largest absolute Gasteiger partial charge is 0.340 e. The molecule has 1 N–H and O–H groups in total. The van der Waals surface area contributed by atoms with Crippen molar-refractivity contribution >= 4 is 11.8 Å². The van der Waals surface area contributed by atoms with E-state index in [-0.39, 0.29) is 11.8 Å². The van der Waals surface area contributed by atoms with Crippen LogP contribution in [0.25, 0.3) is 0 Å². The molecule has 146 valence electrons. The SMILES string of the molecule is O=C(C(c1ccccc1)N1CCCCC1=O)N1CCC(NCC2CC2)CC1. The molecule has 3 fully saturated rings. The second kappa shape index (κ2) is 8.42. The zero-order chi connectivity index (χ0) is 18.6. The Morgan fingerprint density at radius 2 is 1.78 bits per heavy atom. The molecule has 0 bridgehead atoms. The van der Waals surface area contributed by atoms with Gasteiger partial charge in [0.15, 0.2) is 0 Å². The number of nitrogens with one attached hydrogen (secondary N) is 1. The fourth-order valence-electron chi connectivity index (χ4n) is 4.32. The van der Waals surface area contributed by atoms with Gasteiger partial charge >= 0.3 is 0 Å². The summed E-state index contributed by atoms with van der Waals surface area (Å²) >= 11 is 0. The Hall–Kier alpha value is -1.88. The number of carbonyl (C=O) groups is 2. The molecular formula is C22H31N3O2. The maximum absolute atomic E-state index is 13.4. The average Bonchev–Trinajstić information content (AvgIpc) is 3.54. The quantitative estimate of drug-likeness (QED) is 0.839. The summed E-state index contributed by atoms with van der Waals surface area (Å²) in [7, 11) is 0. The molecule has 5 nitrogen and oxygen atoms in total. The second-order valence-corrected chi connectivity index (χ2v) is 8.31. The number of amides is 2. The standard InChI is InChI=1S/C22H31N3O2/c26-20-8-4-5-13-25(20)21(18-6-2-1-3-7-18)22(27)24-14-11-19(12-15-24)23-16-17-9-10-17/h1-3,6-7,17,19,21,23H,4-5,8-16H2. The van der Waals surface area contributed by atoms with Crippen LogP contribution < -0.4 is 5.32 Å². The van der Waals surface area contributed by atoms with Gasteiger partial charge in [0.05, 0.1) is 0 Å². The molecule has 0 spiro atoms. The zero-order valence-electron chi connectivity index (χ0n) is 16.1. The molecular weight excluding hydrogens is 338 g/mol. The van der Waals surface area contributed by atoms with Gasteiger partial charge in [-0.25, -0.2) is 0 Å². The molecule has 0 radical (unpaired) electrons. The first-order valence-corrected chi connectivity index (χ1v) is 10.6. The summed E-state index contributed by atoms with van der Waals surface area (Å²) in [5, 5.41) is 3.67. The van der Waals surface area contributed by atoms with Crippen LogP contribution in [-0.4, -0.2) is 53.8 Å². The second-order valence-electron chi connectivity index (χ2n) is 8.31. The van der Waals surface area contributed by atoms with Gasteiger partial charge in [0.25, 0.3) is 0 Å². The van der Waals surface area contributed by atoms with Gasteiger partial charge in [-0.15, -0.1) is 0 Å². The van der Waals surface area contributed by atoms with Gasteiger partial charge in [-0.1, -0.05) is 30.3 Å². The Morgan fingerprint density at radius 1 is 1.04 bits per heavy atom. The van der Waals surface area contributed by atoms with Crippen molar-refractivity contribution in [2.24, 2.45) is 5.92 Å². The lowest BCUT2D eigenvalue weighted by molar-refractivity contribution is -0.148. The first-order valence-electron chi connectivity index (χ1n) is 10.6. The molecule has 27 heavy (non-hydrogen) atoms. The molecule has 1 unspecified atom stereocenters. The van der Waals surface area contributed by atoms with E-state index in [1.165, 1.54) is 12.8 Å². The number of hydrogen-bond acceptors (Lipinski definition) is 3. The Labute approximate surface area is 162 Å². The van der Waals surface area contributed by atoms with Crippen molar-refractivity contribution in [2.75, 3.05) is 26.2 Å². The highest BCUT2D eigenvalue weighted by Crippen LogP contribution is 2.30. The Bertz CT molecular complexity index is 651. The molecule has 1 aromatic rings. The summed E-state index contributed by atoms with van der Waals surface area (Å²) < 4.78 is 0. The van der Waals surface area contributed by atoms with E-state index in [1.54, 1.807) is 0 Å². The van der Waals surface area contributed by atoms with Crippen LogP contribution in [0.5, 0.6) is 0 Å². The first-order chi connectivity index (χ1) is 13.2. The lowest BCUT2D eigenvalue weighted by Gasteiger charge is -2.39. The van der Waals surface area contributed by atoms with E-state index in [0.717, 1.165) is 56.8 Å². The van der Waals surface area contributed by atoms with Crippen molar-refractivity contribution in [2.45, 2.75) is 57.0 Å². The van der Waals surface area contributed by atoms with E-state index in [0.29, 0.717) is 19.0 Å². The topological polar surface area (TPSA) is 52.7 Å². The van der Waals surface area contributed by atoms with Gasteiger partial charge in [-0.05, 0) is 56.6 Å². The third-order valence-corrected chi connectivity index (χ3v) is 6.22. The van der Waals surface area contributed by atoms with Crippen LogP contribution in [0.2, 0.25) is 0 Å². The van der Waals surface area contributed by atoms with Crippen LogP contribution in [0, 0.1) is 5.92 Å². The van der Waals surface area contributed by atoms with E-state index in [2.05, 4.69) is 5.32 Å². The molecule has 1 aromatic carbocycles. The molecule has 1 atom stereocenters. The Balaban J connectivity index is 1.43. The Morgan fingerprint density at radius 3 is 2.44 bits per heavy atom. The highest BCUT2D eigenvalue weighted by atomic mass is 16.2. The number of carbonyl (C=O) groups excluding carboxylic acids is 2. The van der Waals surface area contributed by atoms with Gasteiger partial charge in [0.2, 0.25) is 11.8 Å². The minimum Gasteiger partial charge on any atom is -0.340 e. The fourth-order valence-corrected chi connectivity index (χ4v) is 4.32. The van der Waals surface area contributed by atoms with E-state index >= 15 is 0 Å². The highest BCUT2D eigenvalue weighted by molar-refractivity contribution is 5.89. The van der Waals surface area contributed by atoms with Crippen molar-refractivity contribution in [3.05, 3.63) is 35.9 Å². The number of likely N-dealkylation sites (tertiary alicyclic amines) is 2. The number of nitrogens with zero attached hydrogens (tertiary/aromatic N) is 2. The zero-order valence-corrected chi connectivity index (χ0v) is 16.1. The monoisotopic (exact) mass is 369 g/mol. The Kier molecular flexibility index (Phi) is 5.77. The van der Waals surface area contributed by atoms with Crippen LogP contribution in [0.15, 0.2) is 30.3 Å². The lowest BCUT2D eigenvalue weighted by Crippen LogP contribution is -2.51. The summed E-state index contributed by atoms with van der Waals surface area (Å²) in [6.07, 6.45) is 7.23. The van der Waals surface area contributed by atoms with Gasteiger partial charge in [0, 0.05) is 32.1 Å². The molecule has 4 rings (SSSR count). The van der Waals surface area contributed by atoms with E-state index in [9.17, 15) is 9.59 Å². The van der Waals surface area contributed by atoms with Crippen LogP contribution in [-0.2, 0) is 9.59 Å². The minimum absolute atomic E-state index is 0.0945.